The highest BCUT2D eigenvalue weighted by molar-refractivity contribution is 5.91. The summed E-state index contributed by atoms with van der Waals surface area (Å²) in [4.78, 5) is 22.8. The molecule has 3 aromatic heterocycles. The predicted octanol–water partition coefficient (Wildman–Crippen LogP) is 2.83. The zero-order valence-electron chi connectivity index (χ0n) is 17.7. The van der Waals surface area contributed by atoms with Crippen molar-refractivity contribution in [3.63, 3.8) is 0 Å². The summed E-state index contributed by atoms with van der Waals surface area (Å²) in [5.74, 6) is 2.56. The summed E-state index contributed by atoms with van der Waals surface area (Å²) >= 11 is 0. The maximum Gasteiger partial charge on any atom is 0.219 e. The van der Waals surface area contributed by atoms with Gasteiger partial charge in [-0.05, 0) is 40.1 Å². The zero-order valence-corrected chi connectivity index (χ0v) is 17.7. The first-order chi connectivity index (χ1) is 13.8. The van der Waals surface area contributed by atoms with E-state index in [-0.39, 0.29) is 5.91 Å². The molecule has 0 bridgehead atoms. The normalized spacial score (nSPS) is 15.0. The summed E-state index contributed by atoms with van der Waals surface area (Å²) in [5.41, 5.74) is 3.35. The van der Waals surface area contributed by atoms with Crippen molar-refractivity contribution in [2.24, 2.45) is 0 Å². The summed E-state index contributed by atoms with van der Waals surface area (Å²) < 4.78 is 11.6. The molecule has 0 unspecified atom stereocenters. The molecule has 4 rings (SSSR count). The van der Waals surface area contributed by atoms with Gasteiger partial charge in [0.2, 0.25) is 5.91 Å². The standard InChI is InChI=1S/C21H27N5O3/c1-13-19(14(2)29-23-13)18-11-16-10-17(12-24(4)5)28-20(16)21(22-18)26-8-6-25(7-9-26)15(3)27/h10-11H,6-9,12H2,1-5H3. The number of aryl methyl sites for hydroxylation is 2. The van der Waals surface area contributed by atoms with E-state index in [1.54, 1.807) is 6.92 Å². The van der Waals surface area contributed by atoms with Gasteiger partial charge in [-0.1, -0.05) is 5.16 Å². The number of pyridine rings is 1. The molecule has 4 heterocycles. The van der Waals surface area contributed by atoms with E-state index in [0.29, 0.717) is 19.6 Å². The Labute approximate surface area is 170 Å². The topological polar surface area (TPSA) is 78.9 Å². The monoisotopic (exact) mass is 397 g/mol. The van der Waals surface area contributed by atoms with Crippen LogP contribution >= 0.6 is 0 Å². The summed E-state index contributed by atoms with van der Waals surface area (Å²) in [5, 5.41) is 5.10. The number of amides is 1. The van der Waals surface area contributed by atoms with Gasteiger partial charge in [-0.25, -0.2) is 4.98 Å². The number of rotatable bonds is 4. The molecule has 0 atom stereocenters. The van der Waals surface area contributed by atoms with Gasteiger partial charge < -0.3 is 23.6 Å². The first-order valence-electron chi connectivity index (χ1n) is 9.85. The van der Waals surface area contributed by atoms with Gasteiger partial charge in [0.05, 0.1) is 23.5 Å². The van der Waals surface area contributed by atoms with Crippen molar-refractivity contribution in [1.82, 2.24) is 19.9 Å². The lowest BCUT2D eigenvalue weighted by molar-refractivity contribution is -0.129. The molecular weight excluding hydrogens is 370 g/mol. The largest absolute Gasteiger partial charge is 0.456 e. The van der Waals surface area contributed by atoms with E-state index < -0.39 is 0 Å². The van der Waals surface area contributed by atoms with Crippen LogP contribution in [0.15, 0.2) is 21.1 Å². The highest BCUT2D eigenvalue weighted by Gasteiger charge is 2.25. The maximum atomic E-state index is 11.7. The van der Waals surface area contributed by atoms with E-state index in [9.17, 15) is 4.79 Å². The van der Waals surface area contributed by atoms with E-state index >= 15 is 0 Å². The molecule has 0 aliphatic carbocycles. The Morgan fingerprint density at radius 1 is 1.17 bits per heavy atom. The number of furan rings is 1. The smallest absolute Gasteiger partial charge is 0.219 e. The second-order valence-electron chi connectivity index (χ2n) is 7.89. The SMILES string of the molecule is CC(=O)N1CCN(c2nc(-c3c(C)noc3C)cc3cc(CN(C)C)oc23)CC1. The summed E-state index contributed by atoms with van der Waals surface area (Å²) in [7, 11) is 4.03. The number of hydrogen-bond acceptors (Lipinski definition) is 7. The van der Waals surface area contributed by atoms with Gasteiger partial charge in [0.15, 0.2) is 11.4 Å². The van der Waals surface area contributed by atoms with Crippen LogP contribution in [0.2, 0.25) is 0 Å². The van der Waals surface area contributed by atoms with Crippen LogP contribution in [0.4, 0.5) is 5.82 Å². The molecule has 29 heavy (non-hydrogen) atoms. The molecule has 3 aromatic rings. The Morgan fingerprint density at radius 2 is 1.90 bits per heavy atom. The average molecular weight is 397 g/mol. The number of piperazine rings is 1. The van der Waals surface area contributed by atoms with E-state index in [2.05, 4.69) is 21.0 Å². The van der Waals surface area contributed by atoms with Crippen LogP contribution < -0.4 is 4.90 Å². The van der Waals surface area contributed by atoms with E-state index in [1.165, 1.54) is 0 Å². The lowest BCUT2D eigenvalue weighted by atomic mass is 10.1. The summed E-state index contributed by atoms with van der Waals surface area (Å²) in [6.07, 6.45) is 0. The molecule has 0 saturated carbocycles. The molecule has 1 aliphatic rings. The molecule has 0 spiro atoms. The number of aromatic nitrogens is 2. The third-order valence-electron chi connectivity index (χ3n) is 5.32. The van der Waals surface area contributed by atoms with Gasteiger partial charge in [0, 0.05) is 38.5 Å². The van der Waals surface area contributed by atoms with E-state index in [0.717, 1.165) is 58.3 Å². The minimum atomic E-state index is 0.110. The van der Waals surface area contributed by atoms with Crippen molar-refractivity contribution in [2.45, 2.75) is 27.3 Å². The highest BCUT2D eigenvalue weighted by Crippen LogP contribution is 2.35. The molecule has 154 valence electrons. The molecule has 8 heteroatoms. The number of fused-ring (bicyclic) bond motifs is 1. The fraction of sp³-hybridized carbons (Fsp3) is 0.476. The molecule has 1 amide bonds. The molecule has 8 nitrogen and oxygen atoms in total. The molecule has 0 aromatic carbocycles. The Balaban J connectivity index is 1.80. The molecular formula is C21H27N5O3. The lowest BCUT2D eigenvalue weighted by Crippen LogP contribution is -2.48. The van der Waals surface area contributed by atoms with Crippen LogP contribution in [0, 0.1) is 13.8 Å². The van der Waals surface area contributed by atoms with Crippen LogP contribution in [0.5, 0.6) is 0 Å². The lowest BCUT2D eigenvalue weighted by Gasteiger charge is -2.35. The van der Waals surface area contributed by atoms with Gasteiger partial charge >= 0.3 is 0 Å². The fourth-order valence-electron chi connectivity index (χ4n) is 3.90. The minimum Gasteiger partial charge on any atom is -0.456 e. The quantitative estimate of drug-likeness (QED) is 0.670. The summed E-state index contributed by atoms with van der Waals surface area (Å²) in [6.45, 7) is 8.96. The number of anilines is 1. The van der Waals surface area contributed by atoms with Crippen molar-refractivity contribution in [3.8, 4) is 11.3 Å². The third kappa shape index (κ3) is 3.72. The molecule has 1 fully saturated rings. The number of carbonyl (C=O) groups excluding carboxylic acids is 1. The molecule has 1 saturated heterocycles. The van der Waals surface area contributed by atoms with E-state index in [1.807, 2.05) is 38.9 Å². The Morgan fingerprint density at radius 3 is 2.48 bits per heavy atom. The highest BCUT2D eigenvalue weighted by atomic mass is 16.5. The zero-order chi connectivity index (χ0) is 20.7. The maximum absolute atomic E-state index is 11.7. The van der Waals surface area contributed by atoms with Crippen molar-refractivity contribution in [3.05, 3.63) is 29.3 Å². The third-order valence-corrected chi connectivity index (χ3v) is 5.32. The second kappa shape index (κ2) is 7.51. The van der Waals surface area contributed by atoms with Crippen molar-refractivity contribution in [2.75, 3.05) is 45.2 Å². The van der Waals surface area contributed by atoms with Crippen LogP contribution in [-0.4, -0.2) is 66.1 Å². The van der Waals surface area contributed by atoms with Gasteiger partial charge in [-0.3, -0.25) is 4.79 Å². The van der Waals surface area contributed by atoms with Crippen LogP contribution in [0.1, 0.15) is 24.1 Å². The average Bonchev–Trinajstić information content (AvgIpc) is 3.22. The second-order valence-corrected chi connectivity index (χ2v) is 7.89. The number of hydrogen-bond donors (Lipinski definition) is 0. The van der Waals surface area contributed by atoms with Crippen LogP contribution in [-0.2, 0) is 11.3 Å². The first kappa shape index (κ1) is 19.4. The van der Waals surface area contributed by atoms with Crippen molar-refractivity contribution >= 4 is 22.7 Å². The molecule has 1 aliphatic heterocycles. The summed E-state index contributed by atoms with van der Waals surface area (Å²) in [6, 6.07) is 4.12. The fourth-order valence-corrected chi connectivity index (χ4v) is 3.90. The molecule has 0 N–H and O–H groups in total. The van der Waals surface area contributed by atoms with E-state index in [4.69, 9.17) is 13.9 Å². The van der Waals surface area contributed by atoms with Crippen molar-refractivity contribution in [1.29, 1.82) is 0 Å². The van der Waals surface area contributed by atoms with Gasteiger partial charge in [0.25, 0.3) is 0 Å². The molecule has 0 radical (unpaired) electrons. The Hall–Kier alpha value is -2.87. The first-order valence-corrected chi connectivity index (χ1v) is 9.85. The van der Waals surface area contributed by atoms with Gasteiger partial charge in [0.1, 0.15) is 11.5 Å². The van der Waals surface area contributed by atoms with Gasteiger partial charge in [-0.15, -0.1) is 0 Å². The number of carbonyl (C=O) groups is 1. The predicted molar refractivity (Wildman–Crippen MR) is 111 cm³/mol. The Kier molecular flexibility index (Phi) is 5.04. The van der Waals surface area contributed by atoms with Crippen molar-refractivity contribution < 1.29 is 13.7 Å². The van der Waals surface area contributed by atoms with Crippen LogP contribution in [0.25, 0.3) is 22.2 Å². The number of nitrogens with zero attached hydrogens (tertiary/aromatic N) is 5. The minimum absolute atomic E-state index is 0.110. The van der Waals surface area contributed by atoms with Gasteiger partial charge in [-0.2, -0.15) is 0 Å². The van der Waals surface area contributed by atoms with Crippen LogP contribution in [0.3, 0.4) is 0 Å². The Bertz CT molecular complexity index is 1020.